The van der Waals surface area contributed by atoms with Gasteiger partial charge in [0, 0.05) is 17.7 Å². The highest BCUT2D eigenvalue weighted by atomic mass is 16.6. The summed E-state index contributed by atoms with van der Waals surface area (Å²) in [7, 11) is 1.28. The molecular formula is C16H21N3O7. The minimum Gasteiger partial charge on any atom is -0.496 e. The van der Waals surface area contributed by atoms with Gasteiger partial charge in [-0.25, -0.2) is 9.59 Å². The second-order valence-electron chi connectivity index (χ2n) is 6.38. The first kappa shape index (κ1) is 20.9. The zero-order valence-electron chi connectivity index (χ0n) is 15.1. The van der Waals surface area contributed by atoms with E-state index in [0.29, 0.717) is 0 Å². The van der Waals surface area contributed by atoms with Gasteiger partial charge in [0.15, 0.2) is 6.10 Å². The molecule has 26 heavy (non-hydrogen) atoms. The summed E-state index contributed by atoms with van der Waals surface area (Å²) in [5.41, 5.74) is -1.10. The fourth-order valence-corrected chi connectivity index (χ4v) is 1.83. The van der Waals surface area contributed by atoms with Gasteiger partial charge < -0.3 is 14.8 Å². The third-order valence-corrected chi connectivity index (χ3v) is 2.99. The van der Waals surface area contributed by atoms with Crippen molar-refractivity contribution in [2.24, 2.45) is 0 Å². The molecule has 1 aromatic rings. The Kier molecular flexibility index (Phi) is 6.64. The minimum absolute atomic E-state index is 0.0543. The van der Waals surface area contributed by atoms with Crippen LogP contribution in [-0.4, -0.2) is 41.6 Å². The van der Waals surface area contributed by atoms with Gasteiger partial charge in [-0.3, -0.25) is 20.2 Å². The number of hydrogen-bond acceptors (Lipinski definition) is 7. The number of nitrogens with one attached hydrogen (secondary N) is 2. The number of non-ortho nitro benzene ring substituents is 1. The molecule has 0 aromatic heterocycles. The highest BCUT2D eigenvalue weighted by Gasteiger charge is 2.25. The lowest BCUT2D eigenvalue weighted by Gasteiger charge is -2.21. The Labute approximate surface area is 150 Å². The Morgan fingerprint density at radius 1 is 1.23 bits per heavy atom. The third kappa shape index (κ3) is 6.04. The average Bonchev–Trinajstić information content (AvgIpc) is 2.51. The Bertz CT molecular complexity index is 725. The van der Waals surface area contributed by atoms with Crippen molar-refractivity contribution in [3.05, 3.63) is 33.9 Å². The number of benzene rings is 1. The van der Waals surface area contributed by atoms with Crippen LogP contribution in [0.25, 0.3) is 0 Å². The van der Waals surface area contributed by atoms with E-state index >= 15 is 0 Å². The molecule has 0 bridgehead atoms. The van der Waals surface area contributed by atoms with Crippen LogP contribution in [0.1, 0.15) is 38.1 Å². The van der Waals surface area contributed by atoms with Gasteiger partial charge in [0.05, 0.1) is 12.0 Å². The van der Waals surface area contributed by atoms with Gasteiger partial charge >= 0.3 is 12.0 Å². The molecule has 0 heterocycles. The van der Waals surface area contributed by atoms with Crippen molar-refractivity contribution in [1.82, 2.24) is 10.6 Å². The van der Waals surface area contributed by atoms with E-state index < -0.39 is 34.5 Å². The number of methoxy groups -OCH3 is 1. The number of hydrogen-bond donors (Lipinski definition) is 2. The zero-order valence-corrected chi connectivity index (χ0v) is 15.1. The van der Waals surface area contributed by atoms with Crippen LogP contribution in [0.4, 0.5) is 10.5 Å². The van der Waals surface area contributed by atoms with E-state index in [0.717, 1.165) is 6.07 Å². The predicted molar refractivity (Wildman–Crippen MR) is 91.0 cm³/mol. The van der Waals surface area contributed by atoms with E-state index in [2.05, 4.69) is 5.32 Å². The Morgan fingerprint density at radius 2 is 1.85 bits per heavy atom. The average molecular weight is 367 g/mol. The van der Waals surface area contributed by atoms with Crippen molar-refractivity contribution in [3.63, 3.8) is 0 Å². The molecule has 10 heteroatoms. The number of rotatable bonds is 5. The number of carbonyl (C=O) groups is 3. The summed E-state index contributed by atoms with van der Waals surface area (Å²) in [5.74, 6) is -1.78. The number of nitro benzene ring substituents is 1. The number of amides is 3. The number of carbonyl (C=O) groups excluding carboxylic acids is 3. The first-order valence-corrected chi connectivity index (χ1v) is 7.61. The molecule has 1 atom stereocenters. The first-order valence-electron chi connectivity index (χ1n) is 7.61. The lowest BCUT2D eigenvalue weighted by Crippen LogP contribution is -2.50. The summed E-state index contributed by atoms with van der Waals surface area (Å²) in [6.07, 6.45) is -1.31. The summed E-state index contributed by atoms with van der Waals surface area (Å²) >= 11 is 0. The van der Waals surface area contributed by atoms with E-state index in [1.54, 1.807) is 20.8 Å². The highest BCUT2D eigenvalue weighted by Crippen LogP contribution is 2.25. The standard InChI is InChI=1S/C16H21N3O7/c1-9(13(20)17-15(22)18-16(2,3)4)26-14(21)11-8-10(19(23)24)6-7-12(11)25-5/h6-9H,1-5H3,(H2,17,18,20,22)/t9-/m1/s1. The molecule has 10 nitrogen and oxygen atoms in total. The van der Waals surface area contributed by atoms with Gasteiger partial charge in [-0.1, -0.05) is 0 Å². The highest BCUT2D eigenvalue weighted by molar-refractivity contribution is 5.99. The van der Waals surface area contributed by atoms with E-state index in [-0.39, 0.29) is 17.0 Å². The summed E-state index contributed by atoms with van der Waals surface area (Å²) < 4.78 is 9.95. The van der Waals surface area contributed by atoms with E-state index in [1.165, 1.54) is 26.2 Å². The molecule has 142 valence electrons. The van der Waals surface area contributed by atoms with Gasteiger partial charge in [-0.2, -0.15) is 0 Å². The molecule has 0 aliphatic carbocycles. The minimum atomic E-state index is -1.31. The van der Waals surface area contributed by atoms with Crippen LogP contribution < -0.4 is 15.4 Å². The lowest BCUT2D eigenvalue weighted by atomic mass is 10.1. The Balaban J connectivity index is 2.83. The number of nitrogens with zero attached hydrogens (tertiary/aromatic N) is 1. The maximum atomic E-state index is 12.2. The SMILES string of the molecule is COc1ccc([N+](=O)[O-])cc1C(=O)O[C@H](C)C(=O)NC(=O)NC(C)(C)C. The van der Waals surface area contributed by atoms with Crippen molar-refractivity contribution >= 4 is 23.6 Å². The van der Waals surface area contributed by atoms with Crippen molar-refractivity contribution < 1.29 is 28.8 Å². The molecule has 0 aliphatic heterocycles. The van der Waals surface area contributed by atoms with Crippen molar-refractivity contribution in [2.45, 2.75) is 39.3 Å². The van der Waals surface area contributed by atoms with Crippen LogP contribution in [0.3, 0.4) is 0 Å². The topological polar surface area (TPSA) is 137 Å². The molecule has 0 unspecified atom stereocenters. The van der Waals surface area contributed by atoms with Crippen molar-refractivity contribution in [1.29, 1.82) is 0 Å². The largest absolute Gasteiger partial charge is 0.496 e. The second kappa shape index (κ2) is 8.28. The fraction of sp³-hybridized carbons (Fsp3) is 0.438. The van der Waals surface area contributed by atoms with Crippen LogP contribution in [0.5, 0.6) is 5.75 Å². The Morgan fingerprint density at radius 3 is 2.35 bits per heavy atom. The molecule has 0 saturated heterocycles. The summed E-state index contributed by atoms with van der Waals surface area (Å²) in [6, 6.07) is 2.66. The molecule has 2 N–H and O–H groups in total. The number of esters is 1. The quantitative estimate of drug-likeness (QED) is 0.459. The number of urea groups is 1. The van der Waals surface area contributed by atoms with Crippen LogP contribution in [0, 0.1) is 10.1 Å². The number of nitro groups is 1. The molecule has 0 fully saturated rings. The predicted octanol–water partition coefficient (Wildman–Crippen LogP) is 1.77. The van der Waals surface area contributed by atoms with E-state index in [1.807, 2.05) is 5.32 Å². The maximum Gasteiger partial charge on any atom is 0.342 e. The van der Waals surface area contributed by atoms with Gasteiger partial charge in [-0.15, -0.1) is 0 Å². The van der Waals surface area contributed by atoms with Crippen LogP contribution >= 0.6 is 0 Å². The van der Waals surface area contributed by atoms with Gasteiger partial charge in [-0.05, 0) is 33.8 Å². The third-order valence-electron chi connectivity index (χ3n) is 2.99. The normalized spacial score (nSPS) is 11.9. The van der Waals surface area contributed by atoms with Gasteiger partial charge in [0.2, 0.25) is 0 Å². The molecule has 3 amide bonds. The van der Waals surface area contributed by atoms with Gasteiger partial charge in [0.25, 0.3) is 11.6 Å². The molecule has 1 rings (SSSR count). The second-order valence-corrected chi connectivity index (χ2v) is 6.38. The molecular weight excluding hydrogens is 346 g/mol. The first-order chi connectivity index (χ1) is 11.9. The molecule has 0 aliphatic rings. The lowest BCUT2D eigenvalue weighted by molar-refractivity contribution is -0.384. The summed E-state index contributed by atoms with van der Waals surface area (Å²) in [4.78, 5) is 46.0. The number of imide groups is 1. The number of ether oxygens (including phenoxy) is 2. The van der Waals surface area contributed by atoms with Gasteiger partial charge in [0.1, 0.15) is 11.3 Å². The fourth-order valence-electron chi connectivity index (χ4n) is 1.83. The zero-order chi connectivity index (χ0) is 20.1. The maximum absolute atomic E-state index is 12.2. The molecule has 1 aromatic carbocycles. The Hall–Kier alpha value is -3.17. The molecule has 0 radical (unpaired) electrons. The van der Waals surface area contributed by atoms with E-state index in [9.17, 15) is 24.5 Å². The molecule has 0 spiro atoms. The smallest absolute Gasteiger partial charge is 0.342 e. The summed E-state index contributed by atoms with van der Waals surface area (Å²) in [6.45, 7) is 6.46. The van der Waals surface area contributed by atoms with Crippen molar-refractivity contribution in [2.75, 3.05) is 7.11 Å². The van der Waals surface area contributed by atoms with Crippen LogP contribution in [0.15, 0.2) is 18.2 Å². The van der Waals surface area contributed by atoms with Crippen molar-refractivity contribution in [3.8, 4) is 5.75 Å². The van der Waals surface area contributed by atoms with Crippen LogP contribution in [0.2, 0.25) is 0 Å². The van der Waals surface area contributed by atoms with Crippen LogP contribution in [-0.2, 0) is 9.53 Å². The summed E-state index contributed by atoms with van der Waals surface area (Å²) in [5, 5.41) is 15.4. The molecule has 0 saturated carbocycles. The monoisotopic (exact) mass is 367 g/mol. The van der Waals surface area contributed by atoms with E-state index in [4.69, 9.17) is 9.47 Å².